The van der Waals surface area contributed by atoms with Crippen LogP contribution in [-0.4, -0.2) is 54.1 Å². The van der Waals surface area contributed by atoms with Gasteiger partial charge in [0, 0.05) is 38.0 Å². The van der Waals surface area contributed by atoms with Gasteiger partial charge in [0.2, 0.25) is 5.91 Å². The summed E-state index contributed by atoms with van der Waals surface area (Å²) in [6, 6.07) is 5.93. The number of nitro groups is 1. The van der Waals surface area contributed by atoms with E-state index in [0.29, 0.717) is 12.2 Å². The third kappa shape index (κ3) is 4.02. The van der Waals surface area contributed by atoms with E-state index in [1.54, 1.807) is 19.2 Å². The molecule has 1 atom stereocenters. The number of hydrogen-bond donors (Lipinski definition) is 1. The highest BCUT2D eigenvalue weighted by Crippen LogP contribution is 2.20. The third-order valence-corrected chi connectivity index (χ3v) is 4.04. The molecule has 7 nitrogen and oxygen atoms in total. The normalized spacial score (nSPS) is 18.9. The Morgan fingerprint density at radius 3 is 2.73 bits per heavy atom. The number of nitro benzene ring substituents is 1. The van der Waals surface area contributed by atoms with E-state index in [-0.39, 0.29) is 24.1 Å². The molecule has 1 N–H and O–H groups in total. The van der Waals surface area contributed by atoms with Crippen LogP contribution in [0.2, 0.25) is 0 Å². The largest absolute Gasteiger partial charge is 0.396 e. The molecular formula is C15H21N3O4. The van der Waals surface area contributed by atoms with Gasteiger partial charge in [-0.05, 0) is 37.4 Å². The van der Waals surface area contributed by atoms with Gasteiger partial charge in [0.25, 0.3) is 5.69 Å². The highest BCUT2D eigenvalue weighted by atomic mass is 16.6. The SMILES string of the molecule is CN(C(=O)CN1CCCC(CO)C1)c1ccc([N+](=O)[O-])cc1. The van der Waals surface area contributed by atoms with E-state index in [4.69, 9.17) is 0 Å². The topological polar surface area (TPSA) is 86.9 Å². The summed E-state index contributed by atoms with van der Waals surface area (Å²) in [6.07, 6.45) is 1.99. The summed E-state index contributed by atoms with van der Waals surface area (Å²) in [6.45, 7) is 2.04. The van der Waals surface area contributed by atoms with E-state index in [1.165, 1.54) is 17.0 Å². The summed E-state index contributed by atoms with van der Waals surface area (Å²) in [5.41, 5.74) is 0.637. The number of piperidine rings is 1. The zero-order valence-corrected chi connectivity index (χ0v) is 12.6. The Morgan fingerprint density at radius 1 is 1.45 bits per heavy atom. The van der Waals surface area contributed by atoms with E-state index >= 15 is 0 Å². The highest BCUT2D eigenvalue weighted by Gasteiger charge is 2.22. The number of anilines is 1. The van der Waals surface area contributed by atoms with Crippen molar-refractivity contribution in [2.24, 2.45) is 5.92 Å². The van der Waals surface area contributed by atoms with Crippen LogP contribution in [0, 0.1) is 16.0 Å². The first-order chi connectivity index (χ1) is 10.5. The molecule has 1 heterocycles. The summed E-state index contributed by atoms with van der Waals surface area (Å²) in [5, 5.41) is 19.9. The van der Waals surface area contributed by atoms with Crippen LogP contribution in [-0.2, 0) is 4.79 Å². The van der Waals surface area contributed by atoms with Crippen molar-refractivity contribution in [1.29, 1.82) is 0 Å². The lowest BCUT2D eigenvalue weighted by Gasteiger charge is -2.32. The zero-order chi connectivity index (χ0) is 16.1. The maximum absolute atomic E-state index is 12.3. The van der Waals surface area contributed by atoms with Gasteiger partial charge in [-0.3, -0.25) is 19.8 Å². The average Bonchev–Trinajstić information content (AvgIpc) is 2.54. The number of nitrogens with zero attached hydrogens (tertiary/aromatic N) is 3. The minimum atomic E-state index is -0.464. The molecule has 1 aliphatic heterocycles. The predicted octanol–water partition coefficient (Wildman–Crippen LogP) is 1.26. The molecule has 0 aromatic heterocycles. The molecule has 0 saturated carbocycles. The first-order valence-electron chi connectivity index (χ1n) is 7.35. The summed E-state index contributed by atoms with van der Waals surface area (Å²) in [4.78, 5) is 26.0. The van der Waals surface area contributed by atoms with E-state index in [0.717, 1.165) is 25.9 Å². The second-order valence-electron chi connectivity index (χ2n) is 5.65. The number of amides is 1. The standard InChI is InChI=1S/C15H21N3O4/c1-16(13-4-6-14(7-5-13)18(21)22)15(20)10-17-8-2-3-12(9-17)11-19/h4-7,12,19H,2-3,8-11H2,1H3. The second kappa shape index (κ2) is 7.33. The number of rotatable bonds is 5. The highest BCUT2D eigenvalue weighted by molar-refractivity contribution is 5.94. The molecule has 120 valence electrons. The van der Waals surface area contributed by atoms with Crippen molar-refractivity contribution in [1.82, 2.24) is 4.90 Å². The molecule has 2 rings (SSSR count). The molecule has 0 aliphatic carbocycles. The molecule has 0 bridgehead atoms. The molecular weight excluding hydrogens is 286 g/mol. The van der Waals surface area contributed by atoms with Crippen molar-refractivity contribution in [2.45, 2.75) is 12.8 Å². The maximum Gasteiger partial charge on any atom is 0.269 e. The van der Waals surface area contributed by atoms with Gasteiger partial charge in [-0.1, -0.05) is 0 Å². The molecule has 1 fully saturated rings. The smallest absolute Gasteiger partial charge is 0.269 e. The quantitative estimate of drug-likeness (QED) is 0.653. The first kappa shape index (κ1) is 16.4. The van der Waals surface area contributed by atoms with Crippen molar-refractivity contribution in [2.75, 3.05) is 38.2 Å². The number of hydrogen-bond acceptors (Lipinski definition) is 5. The number of benzene rings is 1. The fourth-order valence-corrected chi connectivity index (χ4v) is 2.68. The molecule has 1 aromatic carbocycles. The second-order valence-corrected chi connectivity index (χ2v) is 5.65. The first-order valence-corrected chi connectivity index (χ1v) is 7.35. The molecule has 1 aliphatic rings. The zero-order valence-electron chi connectivity index (χ0n) is 12.6. The van der Waals surface area contributed by atoms with Crippen LogP contribution >= 0.6 is 0 Å². The Labute approximate surface area is 129 Å². The van der Waals surface area contributed by atoms with Crippen molar-refractivity contribution >= 4 is 17.3 Å². The van der Waals surface area contributed by atoms with Gasteiger partial charge in [-0.2, -0.15) is 0 Å². The number of aliphatic hydroxyl groups is 1. The Kier molecular flexibility index (Phi) is 5.46. The van der Waals surface area contributed by atoms with E-state index in [9.17, 15) is 20.0 Å². The van der Waals surface area contributed by atoms with E-state index < -0.39 is 4.92 Å². The average molecular weight is 307 g/mol. The number of carbonyl (C=O) groups is 1. The van der Waals surface area contributed by atoms with Gasteiger partial charge in [0.05, 0.1) is 11.5 Å². The van der Waals surface area contributed by atoms with Crippen molar-refractivity contribution < 1.29 is 14.8 Å². The number of likely N-dealkylation sites (tertiary alicyclic amines) is 1. The predicted molar refractivity (Wildman–Crippen MR) is 82.8 cm³/mol. The molecule has 1 unspecified atom stereocenters. The van der Waals surface area contributed by atoms with E-state index in [1.807, 2.05) is 0 Å². The van der Waals surface area contributed by atoms with Crippen molar-refractivity contribution in [3.8, 4) is 0 Å². The molecule has 1 aromatic rings. The maximum atomic E-state index is 12.3. The number of aliphatic hydroxyl groups excluding tert-OH is 1. The van der Waals surface area contributed by atoms with Crippen LogP contribution in [0.25, 0.3) is 0 Å². The molecule has 0 radical (unpaired) electrons. The summed E-state index contributed by atoms with van der Waals surface area (Å²) in [5.74, 6) is 0.179. The van der Waals surface area contributed by atoms with Crippen LogP contribution < -0.4 is 4.90 Å². The van der Waals surface area contributed by atoms with Gasteiger partial charge in [0.1, 0.15) is 0 Å². The third-order valence-electron chi connectivity index (χ3n) is 4.04. The lowest BCUT2D eigenvalue weighted by Crippen LogP contribution is -2.43. The summed E-state index contributed by atoms with van der Waals surface area (Å²) < 4.78 is 0. The van der Waals surface area contributed by atoms with Gasteiger partial charge in [-0.15, -0.1) is 0 Å². The molecule has 0 spiro atoms. The molecule has 1 saturated heterocycles. The van der Waals surface area contributed by atoms with Gasteiger partial charge >= 0.3 is 0 Å². The Bertz CT molecular complexity index is 532. The molecule has 1 amide bonds. The van der Waals surface area contributed by atoms with Crippen LogP contribution in [0.15, 0.2) is 24.3 Å². The number of likely N-dealkylation sites (N-methyl/N-ethyl adjacent to an activating group) is 1. The lowest BCUT2D eigenvalue weighted by atomic mass is 9.99. The molecule has 22 heavy (non-hydrogen) atoms. The van der Waals surface area contributed by atoms with Crippen LogP contribution in [0.3, 0.4) is 0 Å². The fraction of sp³-hybridized carbons (Fsp3) is 0.533. The Balaban J connectivity index is 1.95. The Hall–Kier alpha value is -1.99. The molecule has 7 heteroatoms. The van der Waals surface area contributed by atoms with Crippen molar-refractivity contribution in [3.05, 3.63) is 34.4 Å². The van der Waals surface area contributed by atoms with Crippen LogP contribution in [0.1, 0.15) is 12.8 Å². The fourth-order valence-electron chi connectivity index (χ4n) is 2.68. The number of carbonyl (C=O) groups excluding carboxylic acids is 1. The number of non-ortho nitro benzene ring substituents is 1. The van der Waals surface area contributed by atoms with Crippen LogP contribution in [0.4, 0.5) is 11.4 Å². The van der Waals surface area contributed by atoms with Gasteiger partial charge < -0.3 is 10.0 Å². The minimum absolute atomic E-state index is 0.00594. The Morgan fingerprint density at radius 2 is 2.14 bits per heavy atom. The van der Waals surface area contributed by atoms with Crippen molar-refractivity contribution in [3.63, 3.8) is 0 Å². The van der Waals surface area contributed by atoms with Gasteiger partial charge in [0.15, 0.2) is 0 Å². The summed E-state index contributed by atoms with van der Waals surface area (Å²) in [7, 11) is 1.66. The lowest BCUT2D eigenvalue weighted by molar-refractivity contribution is -0.384. The van der Waals surface area contributed by atoms with Crippen LogP contribution in [0.5, 0.6) is 0 Å². The van der Waals surface area contributed by atoms with E-state index in [2.05, 4.69) is 4.90 Å². The minimum Gasteiger partial charge on any atom is -0.396 e. The van der Waals surface area contributed by atoms with Gasteiger partial charge in [-0.25, -0.2) is 0 Å². The summed E-state index contributed by atoms with van der Waals surface area (Å²) >= 11 is 0. The monoisotopic (exact) mass is 307 g/mol.